The van der Waals surface area contributed by atoms with Crippen LogP contribution in [0.15, 0.2) is 30.7 Å². The normalized spacial score (nSPS) is 21.6. The van der Waals surface area contributed by atoms with Crippen LogP contribution in [0.2, 0.25) is 0 Å². The van der Waals surface area contributed by atoms with Gasteiger partial charge in [0.05, 0.1) is 31.0 Å². The predicted molar refractivity (Wildman–Crippen MR) is 174 cm³/mol. The lowest BCUT2D eigenvalue weighted by Gasteiger charge is -2.54. The first-order chi connectivity index (χ1) is 22.7. The van der Waals surface area contributed by atoms with E-state index in [2.05, 4.69) is 29.2 Å². The molecule has 0 bridgehead atoms. The average molecular weight is 698 g/mol. The zero-order valence-corrected chi connectivity index (χ0v) is 28.7. The average Bonchev–Trinajstić information content (AvgIpc) is 3.00. The van der Waals surface area contributed by atoms with E-state index in [1.165, 1.54) is 18.6 Å². The van der Waals surface area contributed by atoms with E-state index in [0.717, 1.165) is 75.4 Å². The third-order valence-corrected chi connectivity index (χ3v) is 10.5. The minimum atomic E-state index is -3.56. The third kappa shape index (κ3) is 9.14. The number of amides is 1. The lowest BCUT2D eigenvalue weighted by molar-refractivity contribution is -0.0299. The molecule has 0 saturated carbocycles. The highest BCUT2D eigenvalue weighted by Gasteiger charge is 2.46. The largest absolute Gasteiger partial charge is 0.451 e. The molecule has 0 unspecified atom stereocenters. The Labute approximate surface area is 280 Å². The van der Waals surface area contributed by atoms with Crippen molar-refractivity contribution < 1.29 is 35.9 Å². The fourth-order valence-corrected chi connectivity index (χ4v) is 7.98. The Morgan fingerprint density at radius 2 is 1.88 bits per heavy atom. The summed E-state index contributed by atoms with van der Waals surface area (Å²) in [4.78, 5) is 27.3. The summed E-state index contributed by atoms with van der Waals surface area (Å²) in [6.07, 6.45) is 3.69. The minimum Gasteiger partial charge on any atom is -0.451 e. The van der Waals surface area contributed by atoms with Gasteiger partial charge in [0.1, 0.15) is 17.9 Å². The zero-order valence-electron chi connectivity index (χ0n) is 27.9. The Kier molecular flexibility index (Phi) is 11.5. The van der Waals surface area contributed by atoms with E-state index >= 15 is 0 Å². The minimum absolute atomic E-state index is 0.0294. The molecule has 2 N–H and O–H groups in total. The number of carbonyl (C=O) groups is 1. The maximum Gasteiger partial charge on any atom is 0.277 e. The van der Waals surface area contributed by atoms with Crippen LogP contribution in [-0.4, -0.2) is 111 Å². The van der Waals surface area contributed by atoms with Crippen molar-refractivity contribution in [2.75, 3.05) is 50.8 Å². The van der Waals surface area contributed by atoms with E-state index in [4.69, 9.17) is 9.47 Å². The molecule has 1 aromatic carbocycles. The number of anilines is 1. The molecule has 1 spiro atoms. The maximum absolute atomic E-state index is 14.3. The first kappa shape index (κ1) is 36.2. The molecule has 1 amide bonds. The SMILES string of the molecule is CC(C)NS(=O)(=O)N[C@@H]1CC[C@@H](CN2CCC3(CC2)CN(c2ncncc2Oc2ccc(F)cc2C(=O)N(CC(F)F)C(C)C)C3)OC1. The topological polar surface area (TPSA) is 129 Å². The number of carbonyl (C=O) groups excluding carboxylic acids is 1. The molecule has 16 heteroatoms. The fourth-order valence-electron chi connectivity index (χ4n) is 6.66. The van der Waals surface area contributed by atoms with Gasteiger partial charge in [0.2, 0.25) is 0 Å². The van der Waals surface area contributed by atoms with Crippen molar-refractivity contribution in [2.24, 2.45) is 5.41 Å². The van der Waals surface area contributed by atoms with E-state index in [1.807, 2.05) is 0 Å². The number of ether oxygens (including phenoxy) is 2. The van der Waals surface area contributed by atoms with E-state index in [9.17, 15) is 26.4 Å². The molecule has 5 rings (SSSR count). The number of benzene rings is 1. The van der Waals surface area contributed by atoms with Crippen molar-refractivity contribution in [3.05, 3.63) is 42.1 Å². The second-order valence-corrected chi connectivity index (χ2v) is 15.2. The van der Waals surface area contributed by atoms with Crippen molar-refractivity contribution in [1.29, 1.82) is 0 Å². The van der Waals surface area contributed by atoms with Gasteiger partial charge in [0.15, 0.2) is 11.6 Å². The molecule has 3 saturated heterocycles. The van der Waals surface area contributed by atoms with E-state index in [-0.39, 0.29) is 40.7 Å². The molecule has 0 aliphatic carbocycles. The summed E-state index contributed by atoms with van der Waals surface area (Å²) in [5.41, 5.74) is -0.0447. The molecule has 3 fully saturated rings. The third-order valence-electron chi connectivity index (χ3n) is 9.08. The van der Waals surface area contributed by atoms with Crippen molar-refractivity contribution in [2.45, 2.75) is 84.0 Å². The Hall–Kier alpha value is -3.05. The first-order valence-corrected chi connectivity index (χ1v) is 18.0. The van der Waals surface area contributed by atoms with Gasteiger partial charge < -0.3 is 24.2 Å². The molecule has 4 heterocycles. The van der Waals surface area contributed by atoms with Gasteiger partial charge in [-0.3, -0.25) is 4.79 Å². The van der Waals surface area contributed by atoms with Crippen molar-refractivity contribution in [3.63, 3.8) is 0 Å². The summed E-state index contributed by atoms with van der Waals surface area (Å²) in [6, 6.07) is 2.50. The Morgan fingerprint density at radius 3 is 2.50 bits per heavy atom. The molecule has 1 aromatic heterocycles. The quantitative estimate of drug-likeness (QED) is 0.321. The monoisotopic (exact) mass is 697 g/mol. The molecule has 3 aliphatic rings. The molecular weight excluding hydrogens is 651 g/mol. The second kappa shape index (κ2) is 15.2. The number of halogens is 3. The van der Waals surface area contributed by atoms with Crippen LogP contribution in [0, 0.1) is 11.2 Å². The summed E-state index contributed by atoms with van der Waals surface area (Å²) in [5.74, 6) is -0.589. The number of nitrogens with zero attached hydrogens (tertiary/aromatic N) is 5. The molecule has 12 nitrogen and oxygen atoms in total. The molecule has 2 aromatic rings. The summed E-state index contributed by atoms with van der Waals surface area (Å²) < 4.78 is 82.5. The van der Waals surface area contributed by atoms with Crippen LogP contribution in [0.5, 0.6) is 11.5 Å². The van der Waals surface area contributed by atoms with Crippen LogP contribution in [0.3, 0.4) is 0 Å². The van der Waals surface area contributed by atoms with Gasteiger partial charge in [-0.25, -0.2) is 23.1 Å². The molecule has 48 heavy (non-hydrogen) atoms. The molecule has 0 radical (unpaired) electrons. The number of hydrogen-bond acceptors (Lipinski definition) is 9. The van der Waals surface area contributed by atoms with Crippen molar-refractivity contribution in [1.82, 2.24) is 29.2 Å². The van der Waals surface area contributed by atoms with Crippen molar-refractivity contribution >= 4 is 21.9 Å². The van der Waals surface area contributed by atoms with Gasteiger partial charge >= 0.3 is 0 Å². The summed E-state index contributed by atoms with van der Waals surface area (Å²) >= 11 is 0. The van der Waals surface area contributed by atoms with Crippen LogP contribution in [0.1, 0.15) is 63.7 Å². The highest BCUT2D eigenvalue weighted by Crippen LogP contribution is 2.45. The number of rotatable bonds is 13. The van der Waals surface area contributed by atoms with Crippen molar-refractivity contribution in [3.8, 4) is 11.5 Å². The number of alkyl halides is 2. The van der Waals surface area contributed by atoms with Gasteiger partial charge in [-0.1, -0.05) is 0 Å². The van der Waals surface area contributed by atoms with Crippen LogP contribution >= 0.6 is 0 Å². The van der Waals surface area contributed by atoms with E-state index in [0.29, 0.717) is 12.4 Å². The van der Waals surface area contributed by atoms with E-state index in [1.54, 1.807) is 27.7 Å². The molecule has 266 valence electrons. The number of likely N-dealkylation sites (tertiary alicyclic amines) is 1. The first-order valence-electron chi connectivity index (χ1n) is 16.5. The van der Waals surface area contributed by atoms with E-state index < -0.39 is 40.9 Å². The Bertz CT molecular complexity index is 1510. The fraction of sp³-hybridized carbons (Fsp3) is 0.656. The van der Waals surface area contributed by atoms with Gasteiger partial charge in [-0.15, -0.1) is 0 Å². The maximum atomic E-state index is 14.3. The second-order valence-electron chi connectivity index (χ2n) is 13.7. The number of nitrogens with one attached hydrogen (secondary N) is 2. The number of piperidine rings is 1. The predicted octanol–water partition coefficient (Wildman–Crippen LogP) is 3.81. The van der Waals surface area contributed by atoms with Gasteiger partial charge in [-0.05, 0) is 84.7 Å². The van der Waals surface area contributed by atoms with Gasteiger partial charge in [0.25, 0.3) is 22.5 Å². The molecule has 2 atom stereocenters. The highest BCUT2D eigenvalue weighted by atomic mass is 32.2. The summed E-state index contributed by atoms with van der Waals surface area (Å²) in [6.45, 7) is 10.5. The van der Waals surface area contributed by atoms with Crippen LogP contribution in [-0.2, 0) is 14.9 Å². The van der Waals surface area contributed by atoms with Crippen LogP contribution in [0.25, 0.3) is 0 Å². The van der Waals surface area contributed by atoms with Crippen LogP contribution in [0.4, 0.5) is 19.0 Å². The highest BCUT2D eigenvalue weighted by molar-refractivity contribution is 7.87. The van der Waals surface area contributed by atoms with Gasteiger partial charge in [0, 0.05) is 43.2 Å². The number of aromatic nitrogens is 2. The zero-order chi connectivity index (χ0) is 34.6. The molecule has 3 aliphatic heterocycles. The van der Waals surface area contributed by atoms with Gasteiger partial charge in [-0.2, -0.15) is 17.9 Å². The lowest BCUT2D eigenvalue weighted by Crippen LogP contribution is -2.61. The Balaban J connectivity index is 1.15. The standard InChI is InChI=1S/C32H46F3N7O5S/c1-21(2)38-48(44,45)39-24-6-7-25(46-17-24)15-40-11-9-32(10-12-40)18-41(19-32)30-28(14-36-20-37-30)47-27-8-5-23(33)13-26(27)31(43)42(22(3)4)16-29(34)35/h5,8,13-14,20-22,24-25,29,38-39H,6-7,9-12,15-19H2,1-4H3/t24-,25+/m1/s1. The Morgan fingerprint density at radius 1 is 1.15 bits per heavy atom. The smallest absolute Gasteiger partial charge is 0.277 e. The van der Waals surface area contributed by atoms with Crippen LogP contribution < -0.4 is 19.1 Å². The lowest BCUT2D eigenvalue weighted by atomic mass is 9.72. The summed E-state index contributed by atoms with van der Waals surface area (Å²) in [7, 11) is -3.56. The molecular formula is C32H46F3N7O5S. The summed E-state index contributed by atoms with van der Waals surface area (Å²) in [5, 5.41) is 0. The number of hydrogen-bond donors (Lipinski definition) is 2.